The topological polar surface area (TPSA) is 54.4 Å². The van der Waals surface area contributed by atoms with E-state index in [1.54, 1.807) is 0 Å². The average Bonchev–Trinajstić information content (AvgIpc) is 1.27. The molecule has 0 unspecified atom stereocenters. The normalized spacial score (nSPS) is 7.12. The molecule has 0 aliphatic heterocycles. The molecule has 8 heavy (non-hydrogen) atoms. The van der Waals surface area contributed by atoms with Crippen LogP contribution in [-0.4, -0.2) is 39.9 Å². The fourth-order valence-electron chi connectivity index (χ4n) is 0.213. The number of carbonyl (C=O) groups is 2. The number of carboxylic acids is 1. The van der Waals surface area contributed by atoms with E-state index in [1.807, 2.05) is 0 Å². The van der Waals surface area contributed by atoms with Crippen molar-refractivity contribution in [3.8, 4) is 0 Å². The van der Waals surface area contributed by atoms with E-state index in [-0.39, 0.29) is 35.3 Å². The highest BCUT2D eigenvalue weighted by atomic mass is 24.3. The second kappa shape index (κ2) is 5.05. The zero-order valence-electron chi connectivity index (χ0n) is 3.97. The Morgan fingerprint density at radius 2 is 1.88 bits per heavy atom. The lowest BCUT2D eigenvalue weighted by Gasteiger charge is -1.80. The molecule has 0 saturated heterocycles. The Hall–Kier alpha value is -0.0938. The van der Waals surface area contributed by atoms with Crippen LogP contribution in [0.15, 0.2) is 0 Å². The number of rotatable bonds is 2. The first kappa shape index (κ1) is 10.8. The number of carboxylic acid groups (broad SMARTS) is 1. The fourth-order valence-corrected chi connectivity index (χ4v) is 0.213. The van der Waals surface area contributed by atoms with Crippen molar-refractivity contribution in [1.82, 2.24) is 0 Å². The molecule has 0 aromatic heterocycles. The van der Waals surface area contributed by atoms with Gasteiger partial charge in [-0.2, -0.15) is 0 Å². The summed E-state index contributed by atoms with van der Waals surface area (Å²) in [5.74, 6) is -1.37. The molecular weight excluding hydrogens is 120 g/mol. The van der Waals surface area contributed by atoms with Gasteiger partial charge in [-0.25, -0.2) is 0 Å². The summed E-state index contributed by atoms with van der Waals surface area (Å²) in [5, 5.41) is 7.86. The number of aliphatic carboxylic acids is 1. The van der Waals surface area contributed by atoms with Crippen molar-refractivity contribution < 1.29 is 14.7 Å². The van der Waals surface area contributed by atoms with E-state index in [0.29, 0.717) is 0 Å². The zero-order valence-corrected chi connectivity index (χ0v) is 3.97. The van der Waals surface area contributed by atoms with Crippen molar-refractivity contribution in [2.24, 2.45) is 0 Å². The fraction of sp³-hybridized carbons (Fsp3) is 0.500. The van der Waals surface area contributed by atoms with Crippen molar-refractivity contribution in [3.05, 3.63) is 0 Å². The standard InChI is InChI=1S/C4H6O3.Mg.2H/c1-3(5)2-4(6)7;;;/h2H2,1H3,(H,6,7);;;. The maximum atomic E-state index is 9.87. The summed E-state index contributed by atoms with van der Waals surface area (Å²) in [7, 11) is 0. The van der Waals surface area contributed by atoms with Crippen LogP contribution in [0.3, 0.4) is 0 Å². The van der Waals surface area contributed by atoms with E-state index in [9.17, 15) is 9.59 Å². The van der Waals surface area contributed by atoms with Crippen LogP contribution in [0.4, 0.5) is 0 Å². The predicted molar refractivity (Wildman–Crippen MR) is 31.5 cm³/mol. The molecule has 0 fully saturated rings. The van der Waals surface area contributed by atoms with Crippen LogP contribution < -0.4 is 0 Å². The minimum absolute atomic E-state index is 0. The molecule has 4 heteroatoms. The van der Waals surface area contributed by atoms with Gasteiger partial charge >= 0.3 is 29.0 Å². The number of hydrogen-bond donors (Lipinski definition) is 1. The predicted octanol–water partition coefficient (Wildman–Crippen LogP) is -0.866. The summed E-state index contributed by atoms with van der Waals surface area (Å²) < 4.78 is 0. The van der Waals surface area contributed by atoms with Crippen LogP contribution in [0.2, 0.25) is 0 Å². The Bertz CT molecular complexity index is 87.5. The third-order valence-electron chi connectivity index (χ3n) is 0.400. The highest BCUT2D eigenvalue weighted by Crippen LogP contribution is 1.77. The lowest BCUT2D eigenvalue weighted by atomic mass is 10.3. The summed E-state index contributed by atoms with van der Waals surface area (Å²) in [6.45, 7) is 1.24. The van der Waals surface area contributed by atoms with Gasteiger partial charge in [0.1, 0.15) is 12.2 Å². The quantitative estimate of drug-likeness (QED) is 0.389. The van der Waals surface area contributed by atoms with Gasteiger partial charge < -0.3 is 5.11 Å². The number of ketones is 1. The Labute approximate surface area is 63.2 Å². The van der Waals surface area contributed by atoms with Gasteiger partial charge in [-0.05, 0) is 6.92 Å². The summed E-state index contributed by atoms with van der Waals surface area (Å²) in [5.41, 5.74) is 0. The number of Topliss-reactive ketones (excluding diaryl/α,β-unsaturated/α-hetero) is 1. The molecule has 0 aliphatic carbocycles. The summed E-state index contributed by atoms with van der Waals surface area (Å²) in [4.78, 5) is 19.5. The van der Waals surface area contributed by atoms with Crippen LogP contribution in [-0.2, 0) is 9.59 Å². The highest BCUT2D eigenvalue weighted by molar-refractivity contribution is 5.93. The molecule has 0 spiro atoms. The van der Waals surface area contributed by atoms with E-state index >= 15 is 0 Å². The Balaban J connectivity index is 0. The van der Waals surface area contributed by atoms with Gasteiger partial charge in [0.2, 0.25) is 0 Å². The summed E-state index contributed by atoms with van der Waals surface area (Å²) >= 11 is 0. The molecule has 1 N–H and O–H groups in total. The van der Waals surface area contributed by atoms with E-state index in [1.165, 1.54) is 6.92 Å². The Morgan fingerprint density at radius 1 is 1.50 bits per heavy atom. The molecule has 0 amide bonds. The van der Waals surface area contributed by atoms with E-state index in [4.69, 9.17) is 5.11 Å². The summed E-state index contributed by atoms with van der Waals surface area (Å²) in [6.07, 6.45) is -0.361. The van der Waals surface area contributed by atoms with Crippen LogP contribution in [0.5, 0.6) is 0 Å². The molecule has 0 heterocycles. The second-order valence-corrected chi connectivity index (χ2v) is 1.27. The molecule has 0 aliphatic rings. The molecule has 0 bridgehead atoms. The maximum Gasteiger partial charge on any atom is 0.316 e. The van der Waals surface area contributed by atoms with Crippen molar-refractivity contribution in [1.29, 1.82) is 0 Å². The third-order valence-corrected chi connectivity index (χ3v) is 0.400. The maximum absolute atomic E-state index is 9.87. The SMILES string of the molecule is CC(=O)CC(=O)O.[MgH2]. The van der Waals surface area contributed by atoms with Gasteiger partial charge in [0, 0.05) is 0 Å². The highest BCUT2D eigenvalue weighted by Gasteiger charge is 1.98. The van der Waals surface area contributed by atoms with Gasteiger partial charge in [-0.3, -0.25) is 9.59 Å². The lowest BCUT2D eigenvalue weighted by Crippen LogP contribution is -2.00. The first-order valence-corrected chi connectivity index (χ1v) is 1.84. The van der Waals surface area contributed by atoms with Gasteiger partial charge in [0.05, 0.1) is 0 Å². The van der Waals surface area contributed by atoms with Gasteiger partial charge in [0.15, 0.2) is 0 Å². The number of hydrogen-bond acceptors (Lipinski definition) is 2. The van der Waals surface area contributed by atoms with E-state index < -0.39 is 5.97 Å². The molecule has 3 nitrogen and oxygen atoms in total. The van der Waals surface area contributed by atoms with Crippen molar-refractivity contribution in [3.63, 3.8) is 0 Å². The van der Waals surface area contributed by atoms with Gasteiger partial charge in [-0.15, -0.1) is 0 Å². The minimum atomic E-state index is -1.06. The second-order valence-electron chi connectivity index (χ2n) is 1.27. The Morgan fingerprint density at radius 3 is 1.88 bits per heavy atom. The molecule has 0 atom stereocenters. The monoisotopic (exact) mass is 128 g/mol. The van der Waals surface area contributed by atoms with Crippen molar-refractivity contribution in [2.45, 2.75) is 13.3 Å². The van der Waals surface area contributed by atoms with Crippen LogP contribution in [0.25, 0.3) is 0 Å². The minimum Gasteiger partial charge on any atom is -0.481 e. The van der Waals surface area contributed by atoms with Gasteiger partial charge in [-0.1, -0.05) is 0 Å². The van der Waals surface area contributed by atoms with Crippen molar-refractivity contribution >= 4 is 34.8 Å². The van der Waals surface area contributed by atoms with Crippen LogP contribution >= 0.6 is 0 Å². The molecule has 0 rings (SSSR count). The van der Waals surface area contributed by atoms with Crippen LogP contribution in [0.1, 0.15) is 13.3 Å². The first-order chi connectivity index (χ1) is 3.13. The molecule has 0 aromatic rings. The first-order valence-electron chi connectivity index (χ1n) is 1.84. The Kier molecular flexibility index (Phi) is 6.83. The van der Waals surface area contributed by atoms with Gasteiger partial charge in [0.25, 0.3) is 0 Å². The summed E-state index contributed by atoms with van der Waals surface area (Å²) in [6, 6.07) is 0. The lowest BCUT2D eigenvalue weighted by molar-refractivity contribution is -0.139. The molecule has 44 valence electrons. The average molecular weight is 128 g/mol. The van der Waals surface area contributed by atoms with E-state index in [0.717, 1.165) is 0 Å². The number of carbonyl (C=O) groups excluding carboxylic acids is 1. The molecular formula is C4H8MgO3. The molecule has 0 radical (unpaired) electrons. The van der Waals surface area contributed by atoms with E-state index in [2.05, 4.69) is 0 Å². The smallest absolute Gasteiger partial charge is 0.316 e. The van der Waals surface area contributed by atoms with Crippen LogP contribution in [0, 0.1) is 0 Å². The zero-order chi connectivity index (χ0) is 5.86. The molecule has 0 aromatic carbocycles. The largest absolute Gasteiger partial charge is 0.481 e. The molecule has 0 saturated carbocycles. The third kappa shape index (κ3) is 9.32. The van der Waals surface area contributed by atoms with Crippen molar-refractivity contribution in [2.75, 3.05) is 0 Å².